The van der Waals surface area contributed by atoms with Gasteiger partial charge in [-0.3, -0.25) is 4.79 Å². The number of anilines is 2. The number of primary amides is 2. The van der Waals surface area contributed by atoms with E-state index in [9.17, 15) is 14.4 Å². The van der Waals surface area contributed by atoms with Gasteiger partial charge in [-0.1, -0.05) is 42.5 Å². The number of allylic oxidation sites excluding steroid dienone is 1. The van der Waals surface area contributed by atoms with Crippen molar-refractivity contribution in [2.45, 2.75) is 0 Å². The van der Waals surface area contributed by atoms with E-state index >= 15 is 0 Å². The molecule has 8 N–H and O–H groups in total. The van der Waals surface area contributed by atoms with E-state index in [2.05, 4.69) is 0 Å². The van der Waals surface area contributed by atoms with Crippen molar-refractivity contribution in [1.29, 1.82) is 0 Å². The van der Waals surface area contributed by atoms with Gasteiger partial charge in [-0.15, -0.1) is 0 Å². The van der Waals surface area contributed by atoms with Crippen molar-refractivity contribution in [2.24, 2.45) is 23.2 Å². The highest BCUT2D eigenvalue weighted by molar-refractivity contribution is 6.07. The Morgan fingerprint density at radius 1 is 0.808 bits per heavy atom. The van der Waals surface area contributed by atoms with E-state index in [1.165, 1.54) is 24.3 Å². The zero-order valence-electron chi connectivity index (χ0n) is 13.7. The number of hydrazine groups is 2. The molecule has 2 aromatic carbocycles. The lowest BCUT2D eigenvalue weighted by molar-refractivity contribution is 0.104. The van der Waals surface area contributed by atoms with Crippen LogP contribution in [0.25, 0.3) is 6.08 Å². The molecular weight excluding hydrogens is 336 g/mol. The number of hydrogen-bond acceptors (Lipinski definition) is 5. The van der Waals surface area contributed by atoms with Gasteiger partial charge in [0.25, 0.3) is 0 Å². The number of carbonyl (C=O) groups is 3. The summed E-state index contributed by atoms with van der Waals surface area (Å²) in [6.07, 6.45) is 2.90. The van der Waals surface area contributed by atoms with Gasteiger partial charge in [0.1, 0.15) is 0 Å². The van der Waals surface area contributed by atoms with Gasteiger partial charge in [-0.2, -0.15) is 0 Å². The molecule has 0 unspecified atom stereocenters. The lowest BCUT2D eigenvalue weighted by atomic mass is 10.1. The minimum Gasteiger partial charge on any atom is -0.350 e. The molecule has 4 amide bonds. The maximum Gasteiger partial charge on any atom is 0.333 e. The van der Waals surface area contributed by atoms with Crippen molar-refractivity contribution in [3.8, 4) is 0 Å². The molecule has 134 valence electrons. The van der Waals surface area contributed by atoms with Crippen molar-refractivity contribution < 1.29 is 14.4 Å². The zero-order chi connectivity index (χ0) is 19.3. The summed E-state index contributed by atoms with van der Waals surface area (Å²) in [6, 6.07) is 11.2. The Labute approximate surface area is 149 Å². The number of ketones is 1. The summed E-state index contributed by atoms with van der Waals surface area (Å²) < 4.78 is 0. The van der Waals surface area contributed by atoms with Crippen LogP contribution in [-0.4, -0.2) is 17.8 Å². The number of carbonyl (C=O) groups excluding carboxylic acids is 3. The van der Waals surface area contributed by atoms with Crippen LogP contribution in [0, 0.1) is 0 Å². The molecule has 0 spiro atoms. The van der Waals surface area contributed by atoms with Crippen LogP contribution in [0.3, 0.4) is 0 Å². The van der Waals surface area contributed by atoms with Gasteiger partial charge in [-0.05, 0) is 23.8 Å². The van der Waals surface area contributed by atoms with E-state index in [0.29, 0.717) is 21.1 Å². The van der Waals surface area contributed by atoms with E-state index in [1.807, 2.05) is 6.07 Å². The Morgan fingerprint density at radius 2 is 1.38 bits per heavy atom. The van der Waals surface area contributed by atoms with Gasteiger partial charge in [0.05, 0.1) is 11.4 Å². The molecule has 0 radical (unpaired) electrons. The van der Waals surface area contributed by atoms with Crippen molar-refractivity contribution in [3.63, 3.8) is 0 Å². The van der Waals surface area contributed by atoms with Gasteiger partial charge in [0, 0.05) is 5.56 Å². The monoisotopic (exact) mass is 354 g/mol. The maximum atomic E-state index is 12.1. The first-order valence-electron chi connectivity index (χ1n) is 7.41. The Balaban J connectivity index is 2.37. The van der Waals surface area contributed by atoms with E-state index < -0.39 is 12.1 Å². The van der Waals surface area contributed by atoms with Crippen LogP contribution in [0.2, 0.25) is 0 Å². The van der Waals surface area contributed by atoms with Crippen molar-refractivity contribution in [3.05, 3.63) is 65.7 Å². The predicted molar refractivity (Wildman–Crippen MR) is 98.7 cm³/mol. The Kier molecular flexibility index (Phi) is 5.68. The summed E-state index contributed by atoms with van der Waals surface area (Å²) in [7, 11) is 0. The number of nitrogens with two attached hydrogens (primary N) is 4. The van der Waals surface area contributed by atoms with Gasteiger partial charge in [0.2, 0.25) is 0 Å². The Hall–Kier alpha value is -3.69. The number of amides is 4. The minimum atomic E-state index is -0.967. The molecule has 0 fully saturated rings. The third-order valence-corrected chi connectivity index (χ3v) is 3.48. The third-order valence-electron chi connectivity index (χ3n) is 3.48. The molecular formula is C17H18N6O3. The highest BCUT2D eigenvalue weighted by Gasteiger charge is 2.18. The second kappa shape index (κ2) is 7.92. The Morgan fingerprint density at radius 3 is 1.96 bits per heavy atom. The van der Waals surface area contributed by atoms with Crippen LogP contribution in [-0.2, 0) is 0 Å². The number of urea groups is 2. The van der Waals surface area contributed by atoms with Crippen LogP contribution in [0.1, 0.15) is 15.9 Å². The average molecular weight is 354 g/mol. The predicted octanol–water partition coefficient (Wildman–Crippen LogP) is 1.10. The fourth-order valence-corrected chi connectivity index (χ4v) is 2.15. The summed E-state index contributed by atoms with van der Waals surface area (Å²) >= 11 is 0. The molecule has 0 aromatic heterocycles. The molecule has 0 saturated heterocycles. The maximum absolute atomic E-state index is 12.1. The van der Waals surface area contributed by atoms with Crippen molar-refractivity contribution in [1.82, 2.24) is 0 Å². The van der Waals surface area contributed by atoms with E-state index in [-0.39, 0.29) is 17.2 Å². The van der Waals surface area contributed by atoms with Gasteiger partial charge >= 0.3 is 12.1 Å². The van der Waals surface area contributed by atoms with Crippen LogP contribution < -0.4 is 33.2 Å². The van der Waals surface area contributed by atoms with Crippen LogP contribution >= 0.6 is 0 Å². The summed E-state index contributed by atoms with van der Waals surface area (Å²) in [5, 5.41) is 1.25. The molecule has 0 aliphatic heterocycles. The van der Waals surface area contributed by atoms with Crippen molar-refractivity contribution >= 4 is 35.3 Å². The normalized spacial score (nSPS) is 10.5. The van der Waals surface area contributed by atoms with E-state index in [0.717, 1.165) is 0 Å². The first-order valence-corrected chi connectivity index (χ1v) is 7.41. The lowest BCUT2D eigenvalue weighted by Gasteiger charge is -2.22. The van der Waals surface area contributed by atoms with Gasteiger partial charge in [0.15, 0.2) is 5.78 Å². The summed E-state index contributed by atoms with van der Waals surface area (Å²) in [5.74, 6) is 11.0. The topological polar surface area (TPSA) is 162 Å². The Bertz CT molecular complexity index is 866. The average Bonchev–Trinajstić information content (AvgIpc) is 2.65. The first kappa shape index (κ1) is 18.6. The lowest BCUT2D eigenvalue weighted by Crippen LogP contribution is -2.46. The standard InChI is InChI=1S/C17H18N6O3/c18-16(25)22(20)13-8-6-11(10-14(13)23(21)17(19)26)7-9-15(24)12-4-2-1-3-5-12/h1-10H,20-21H2,(H2,18,25)(H2,19,26)/b9-7+. The van der Waals surface area contributed by atoms with Gasteiger partial charge in [-0.25, -0.2) is 31.3 Å². The van der Waals surface area contributed by atoms with Crippen molar-refractivity contribution in [2.75, 3.05) is 10.0 Å². The molecule has 0 aliphatic rings. The number of hydrogen-bond donors (Lipinski definition) is 4. The summed E-state index contributed by atoms with van der Waals surface area (Å²) in [4.78, 5) is 34.8. The fraction of sp³-hybridized carbons (Fsp3) is 0. The fourth-order valence-electron chi connectivity index (χ4n) is 2.15. The molecule has 2 rings (SSSR count). The summed E-state index contributed by atoms with van der Waals surface area (Å²) in [5.41, 5.74) is 11.5. The second-order valence-electron chi connectivity index (χ2n) is 5.23. The second-order valence-corrected chi connectivity index (χ2v) is 5.23. The molecule has 0 aliphatic carbocycles. The van der Waals surface area contributed by atoms with E-state index in [4.69, 9.17) is 23.2 Å². The largest absolute Gasteiger partial charge is 0.350 e. The molecule has 9 heteroatoms. The number of benzene rings is 2. The number of nitrogens with zero attached hydrogens (tertiary/aromatic N) is 2. The first-order chi connectivity index (χ1) is 12.3. The molecule has 0 saturated carbocycles. The number of rotatable bonds is 5. The molecule has 0 bridgehead atoms. The highest BCUT2D eigenvalue weighted by atomic mass is 16.2. The van der Waals surface area contributed by atoms with Crippen LogP contribution in [0.5, 0.6) is 0 Å². The summed E-state index contributed by atoms with van der Waals surface area (Å²) in [6.45, 7) is 0. The van der Waals surface area contributed by atoms with Gasteiger partial charge < -0.3 is 11.5 Å². The third kappa shape index (κ3) is 4.23. The molecule has 0 atom stereocenters. The molecule has 0 heterocycles. The molecule has 2 aromatic rings. The SMILES string of the molecule is NC(=O)N(N)c1ccc(/C=C/C(=O)c2ccccc2)cc1N(N)C(N)=O. The van der Waals surface area contributed by atoms with Crippen LogP contribution in [0.15, 0.2) is 54.6 Å². The quantitative estimate of drug-likeness (QED) is 0.207. The smallest absolute Gasteiger partial charge is 0.333 e. The zero-order valence-corrected chi connectivity index (χ0v) is 13.7. The molecule has 26 heavy (non-hydrogen) atoms. The minimum absolute atomic E-state index is 0.0492. The van der Waals surface area contributed by atoms with E-state index in [1.54, 1.807) is 30.3 Å². The molecule has 9 nitrogen and oxygen atoms in total. The highest BCUT2D eigenvalue weighted by Crippen LogP contribution is 2.28. The van der Waals surface area contributed by atoms with Crippen LogP contribution in [0.4, 0.5) is 21.0 Å².